The minimum atomic E-state index is -0.226. The van der Waals surface area contributed by atoms with Crippen molar-refractivity contribution in [2.75, 3.05) is 56.0 Å². The standard InChI is InChI=1S/C31H43N7O3/c1-5-25-30(40)37(3)26-16-33-31(35-28(26)38(25)23-8-6-7-9-23)34-24-11-10-20(14-27(24)41-4)29(39)32-15-19-12-21-17-36(2)18-22(21)13-19/h10-11,14,16,19,21-23,25H,5-9,12-13,15,17-18H2,1-4H3,(H,32,39)(H,33,34,35)/t19?,21-,22?,25+/m0/s1. The first kappa shape index (κ1) is 27.8. The van der Waals surface area contributed by atoms with Gasteiger partial charge in [0.15, 0.2) is 5.82 Å². The number of methoxy groups -OCH3 is 1. The Morgan fingerprint density at radius 1 is 1.12 bits per heavy atom. The summed E-state index contributed by atoms with van der Waals surface area (Å²) in [6.45, 7) is 5.14. The molecule has 4 atom stereocenters. The number of hydrogen-bond donors (Lipinski definition) is 2. The van der Waals surface area contributed by atoms with Crippen molar-refractivity contribution in [3.05, 3.63) is 30.0 Å². The van der Waals surface area contributed by atoms with Gasteiger partial charge >= 0.3 is 0 Å². The molecule has 2 aliphatic heterocycles. The van der Waals surface area contributed by atoms with Crippen LogP contribution in [0.3, 0.4) is 0 Å². The molecule has 2 saturated carbocycles. The lowest BCUT2D eigenvalue weighted by Gasteiger charge is -2.43. The van der Waals surface area contributed by atoms with E-state index in [4.69, 9.17) is 9.72 Å². The van der Waals surface area contributed by atoms with E-state index in [1.54, 1.807) is 37.4 Å². The number of nitrogens with one attached hydrogen (secondary N) is 2. The number of fused-ring (bicyclic) bond motifs is 2. The van der Waals surface area contributed by atoms with Crippen LogP contribution in [0.4, 0.5) is 23.1 Å². The summed E-state index contributed by atoms with van der Waals surface area (Å²) >= 11 is 0. The summed E-state index contributed by atoms with van der Waals surface area (Å²) < 4.78 is 5.66. The number of aromatic nitrogens is 2. The van der Waals surface area contributed by atoms with E-state index in [-0.39, 0.29) is 17.9 Å². The van der Waals surface area contributed by atoms with Gasteiger partial charge in [-0.1, -0.05) is 19.8 Å². The fourth-order valence-electron chi connectivity index (χ4n) is 7.67. The third kappa shape index (κ3) is 5.34. The van der Waals surface area contributed by atoms with Gasteiger partial charge in [0.2, 0.25) is 11.9 Å². The average molecular weight is 562 g/mol. The lowest BCUT2D eigenvalue weighted by atomic mass is 10.0. The Bertz CT molecular complexity index is 1280. The zero-order valence-corrected chi connectivity index (χ0v) is 24.7. The third-order valence-corrected chi connectivity index (χ3v) is 9.70. The van der Waals surface area contributed by atoms with E-state index in [0.717, 1.165) is 42.6 Å². The minimum absolute atomic E-state index is 0.0837. The first-order valence-corrected chi connectivity index (χ1v) is 15.2. The van der Waals surface area contributed by atoms with Crippen LogP contribution in [0.25, 0.3) is 0 Å². The molecule has 1 aromatic carbocycles. The molecule has 3 fully saturated rings. The number of carbonyl (C=O) groups excluding carboxylic acids is 2. The van der Waals surface area contributed by atoms with E-state index in [0.29, 0.717) is 41.5 Å². The van der Waals surface area contributed by atoms with E-state index in [9.17, 15) is 9.59 Å². The molecule has 220 valence electrons. The van der Waals surface area contributed by atoms with E-state index >= 15 is 0 Å². The number of nitrogens with zero attached hydrogens (tertiary/aromatic N) is 5. The molecule has 2 aliphatic carbocycles. The van der Waals surface area contributed by atoms with Crippen LogP contribution < -0.4 is 25.2 Å². The zero-order chi connectivity index (χ0) is 28.7. The second-order valence-corrected chi connectivity index (χ2v) is 12.4. The summed E-state index contributed by atoms with van der Waals surface area (Å²) in [5.74, 6) is 3.88. The summed E-state index contributed by atoms with van der Waals surface area (Å²) in [5, 5.41) is 6.45. The van der Waals surface area contributed by atoms with Crippen LogP contribution >= 0.6 is 0 Å². The Morgan fingerprint density at radius 3 is 2.54 bits per heavy atom. The minimum Gasteiger partial charge on any atom is -0.495 e. The molecule has 0 bridgehead atoms. The largest absolute Gasteiger partial charge is 0.495 e. The molecule has 1 saturated heterocycles. The molecule has 6 rings (SSSR count). The molecule has 2 amide bonds. The van der Waals surface area contributed by atoms with Crippen molar-refractivity contribution in [3.63, 3.8) is 0 Å². The van der Waals surface area contributed by atoms with E-state index in [1.165, 1.54) is 38.8 Å². The molecule has 10 nitrogen and oxygen atoms in total. The van der Waals surface area contributed by atoms with Gasteiger partial charge in [-0.2, -0.15) is 4.98 Å². The quantitative estimate of drug-likeness (QED) is 0.498. The van der Waals surface area contributed by atoms with Crippen molar-refractivity contribution >= 4 is 35.0 Å². The Kier molecular flexibility index (Phi) is 7.76. The molecule has 1 aromatic heterocycles. The Balaban J connectivity index is 1.16. The summed E-state index contributed by atoms with van der Waals surface area (Å²) in [6.07, 6.45) is 9.31. The molecule has 4 aliphatic rings. The summed E-state index contributed by atoms with van der Waals surface area (Å²) in [7, 11) is 5.60. The third-order valence-electron chi connectivity index (χ3n) is 9.70. The molecule has 3 heterocycles. The van der Waals surface area contributed by atoms with Crippen LogP contribution in [0.15, 0.2) is 24.4 Å². The molecule has 10 heteroatoms. The number of carbonyl (C=O) groups is 2. The van der Waals surface area contributed by atoms with Crippen molar-refractivity contribution < 1.29 is 14.3 Å². The zero-order valence-electron chi connectivity index (χ0n) is 24.7. The topological polar surface area (TPSA) is 103 Å². The smallest absolute Gasteiger partial charge is 0.251 e. The van der Waals surface area contributed by atoms with Gasteiger partial charge in [0, 0.05) is 38.3 Å². The predicted octanol–water partition coefficient (Wildman–Crippen LogP) is 4.05. The van der Waals surface area contributed by atoms with Gasteiger partial charge in [-0.05, 0) is 75.1 Å². The first-order chi connectivity index (χ1) is 19.9. The molecule has 2 aromatic rings. The highest BCUT2D eigenvalue weighted by atomic mass is 16.5. The highest BCUT2D eigenvalue weighted by Crippen LogP contribution is 2.42. The summed E-state index contributed by atoms with van der Waals surface area (Å²) in [6, 6.07) is 5.48. The van der Waals surface area contributed by atoms with Crippen molar-refractivity contribution in [2.45, 2.75) is 64.0 Å². The number of anilines is 4. The van der Waals surface area contributed by atoms with Crippen LogP contribution in [0.5, 0.6) is 5.75 Å². The van der Waals surface area contributed by atoms with Gasteiger partial charge in [-0.15, -0.1) is 0 Å². The van der Waals surface area contributed by atoms with Gasteiger partial charge in [-0.3, -0.25) is 9.59 Å². The second kappa shape index (κ2) is 11.5. The van der Waals surface area contributed by atoms with E-state index in [1.807, 2.05) is 6.07 Å². The van der Waals surface area contributed by atoms with E-state index < -0.39 is 0 Å². The van der Waals surface area contributed by atoms with Crippen LogP contribution in [0, 0.1) is 17.8 Å². The summed E-state index contributed by atoms with van der Waals surface area (Å²) in [5.41, 5.74) is 1.97. The van der Waals surface area contributed by atoms with Gasteiger partial charge < -0.3 is 30.1 Å². The normalized spacial score (nSPS) is 26.3. The summed E-state index contributed by atoms with van der Waals surface area (Å²) in [4.78, 5) is 42.0. The fraction of sp³-hybridized carbons (Fsp3) is 0.613. The first-order valence-electron chi connectivity index (χ1n) is 15.2. The number of ether oxygens (including phenoxy) is 1. The molecule has 41 heavy (non-hydrogen) atoms. The monoisotopic (exact) mass is 561 g/mol. The molecule has 0 radical (unpaired) electrons. The number of amides is 2. The lowest BCUT2D eigenvalue weighted by molar-refractivity contribution is -0.120. The maximum Gasteiger partial charge on any atom is 0.251 e. The SMILES string of the molecule is CC[C@@H]1C(=O)N(C)c2cnc(Nc3ccc(C(=O)NCC4CC5CN(C)C[C@@H]5C4)cc3OC)nc2N1C1CCCC1. The van der Waals surface area contributed by atoms with Gasteiger partial charge in [0.25, 0.3) is 5.91 Å². The maximum atomic E-state index is 13.2. The highest BCUT2D eigenvalue weighted by molar-refractivity contribution is 6.04. The maximum absolute atomic E-state index is 13.2. The van der Waals surface area contributed by atoms with E-state index in [2.05, 4.69) is 39.4 Å². The Morgan fingerprint density at radius 2 is 1.85 bits per heavy atom. The Labute approximate surface area is 242 Å². The highest BCUT2D eigenvalue weighted by Gasteiger charge is 2.41. The van der Waals surface area contributed by atoms with Crippen LogP contribution in [-0.4, -0.2) is 79.6 Å². The molecular formula is C31H43N7O3. The average Bonchev–Trinajstić information content (AvgIpc) is 3.71. The fourth-order valence-corrected chi connectivity index (χ4v) is 7.67. The molecule has 0 spiro atoms. The van der Waals surface area contributed by atoms with Gasteiger partial charge in [0.05, 0.1) is 19.0 Å². The van der Waals surface area contributed by atoms with Crippen molar-refractivity contribution in [3.8, 4) is 5.75 Å². The van der Waals surface area contributed by atoms with Crippen LogP contribution in [0.2, 0.25) is 0 Å². The second-order valence-electron chi connectivity index (χ2n) is 12.4. The van der Waals surface area contributed by atoms with Crippen molar-refractivity contribution in [1.29, 1.82) is 0 Å². The molecule has 2 N–H and O–H groups in total. The lowest BCUT2D eigenvalue weighted by Crippen LogP contribution is -2.55. The number of likely N-dealkylation sites (tertiary alicyclic amines) is 1. The molecular weight excluding hydrogens is 518 g/mol. The number of benzene rings is 1. The van der Waals surface area contributed by atoms with Crippen molar-refractivity contribution in [2.24, 2.45) is 17.8 Å². The molecule has 2 unspecified atom stereocenters. The van der Waals surface area contributed by atoms with Crippen molar-refractivity contribution in [1.82, 2.24) is 20.2 Å². The number of hydrogen-bond acceptors (Lipinski definition) is 8. The van der Waals surface area contributed by atoms with Gasteiger partial charge in [0.1, 0.15) is 17.5 Å². The van der Waals surface area contributed by atoms with Gasteiger partial charge in [-0.25, -0.2) is 4.98 Å². The predicted molar refractivity (Wildman–Crippen MR) is 160 cm³/mol. The van der Waals surface area contributed by atoms with Crippen LogP contribution in [0.1, 0.15) is 62.2 Å². The number of likely N-dealkylation sites (N-methyl/N-ethyl adjacent to an activating group) is 1. The number of rotatable bonds is 8. The van der Waals surface area contributed by atoms with Crippen LogP contribution in [-0.2, 0) is 4.79 Å². The Hall–Kier alpha value is -3.40.